The zero-order valence-corrected chi connectivity index (χ0v) is 53.2. The third-order valence-electron chi connectivity index (χ3n) is 22.9. The highest BCUT2D eigenvalue weighted by atomic mass is 16.8. The Kier molecular flexibility index (Phi) is 24.0. The molecule has 490 valence electrons. The topological polar surface area (TPSA) is 303 Å². The molecule has 0 radical (unpaired) electrons. The molecular formula is C66H108N2O18. The van der Waals surface area contributed by atoms with Crippen LogP contribution in [0.15, 0.2) is 11.6 Å². The number of fused-ring (bicyclic) bond motifs is 7. The molecule has 6 fully saturated rings. The molecule has 0 spiro atoms. The summed E-state index contributed by atoms with van der Waals surface area (Å²) in [6.45, 7) is 15.7. The Bertz CT molecular complexity index is 2370. The molecule has 7 aliphatic rings. The predicted molar refractivity (Wildman–Crippen MR) is 317 cm³/mol. The molecule has 2 amide bonds. The van der Waals surface area contributed by atoms with E-state index in [9.17, 15) is 54.6 Å². The van der Waals surface area contributed by atoms with Gasteiger partial charge in [0.1, 0.15) is 36.6 Å². The molecule has 20 nitrogen and oxygen atoms in total. The van der Waals surface area contributed by atoms with E-state index in [-0.39, 0.29) is 59.4 Å². The first kappa shape index (κ1) is 69.9. The number of amides is 2. The molecule has 8 N–H and O–H groups in total. The molecule has 7 rings (SSSR count). The summed E-state index contributed by atoms with van der Waals surface area (Å²) < 4.78 is 35.1. The summed E-state index contributed by atoms with van der Waals surface area (Å²) >= 11 is 0. The molecule has 0 aromatic rings. The van der Waals surface area contributed by atoms with E-state index < -0.39 is 107 Å². The number of nitrogens with one attached hydrogen (secondary N) is 2. The van der Waals surface area contributed by atoms with Crippen molar-refractivity contribution in [2.24, 2.45) is 50.2 Å². The highest BCUT2D eigenvalue weighted by Gasteiger charge is 2.71. The molecule has 0 unspecified atom stereocenters. The Morgan fingerprint density at radius 3 is 1.58 bits per heavy atom. The van der Waals surface area contributed by atoms with Crippen LogP contribution >= 0.6 is 0 Å². The summed E-state index contributed by atoms with van der Waals surface area (Å²) in [7, 11) is 2.77. The molecule has 0 bridgehead atoms. The van der Waals surface area contributed by atoms with Gasteiger partial charge in [-0.1, -0.05) is 124 Å². The maximum Gasteiger partial charge on any atom is 0.309 e. The minimum atomic E-state index is -1.95. The number of carboxylic acids is 1. The largest absolute Gasteiger partial charge is 0.481 e. The van der Waals surface area contributed by atoms with E-state index in [1.54, 1.807) is 0 Å². The molecule has 2 saturated heterocycles. The van der Waals surface area contributed by atoms with Crippen molar-refractivity contribution in [1.82, 2.24) is 10.6 Å². The first-order chi connectivity index (χ1) is 40.6. The van der Waals surface area contributed by atoms with E-state index in [4.69, 9.17) is 28.4 Å². The third-order valence-corrected chi connectivity index (χ3v) is 22.9. The normalized spacial score (nSPS) is 39.1. The van der Waals surface area contributed by atoms with Crippen LogP contribution in [0.25, 0.3) is 0 Å². The van der Waals surface area contributed by atoms with Gasteiger partial charge in [0.2, 0.25) is 0 Å². The van der Waals surface area contributed by atoms with Crippen molar-refractivity contribution in [2.45, 2.75) is 289 Å². The number of ether oxygens (including phenoxy) is 6. The van der Waals surface area contributed by atoms with Gasteiger partial charge >= 0.3 is 17.9 Å². The molecule has 5 aliphatic carbocycles. The van der Waals surface area contributed by atoms with Gasteiger partial charge in [0.15, 0.2) is 30.6 Å². The summed E-state index contributed by atoms with van der Waals surface area (Å²) in [6.07, 6.45) is 4.66. The molecule has 0 aromatic heterocycles. The molecule has 2 heterocycles. The SMILES string of the molecule is COC(=O)CCCCCCCCCCNC(=O)[C@H]1O[C@@H](O[C@H]2[C@@H](O[C@H]3CC[C@]4(C)[C@H]5C(=O)C=C6[C@@H]7C[C@@](C)(C(=O)O)CC[C@]7(C)CC[C@@]6(C)[C@]5(C)CC[C@H]4C3(C)C)O[C@H](C(=O)NCCCCCCCCCCC(=O)OC)[C@@H](O)[C@@H]2O)[C@H](O)[C@@H](O)[C@@H]1O. The average molecular weight is 1220 g/mol. The quantitative estimate of drug-likeness (QED) is 0.0202. The molecule has 4 saturated carbocycles. The number of carboxylic acid groups (broad SMARTS) is 1. The number of esters is 2. The predicted octanol–water partition coefficient (Wildman–Crippen LogP) is 7.68. The van der Waals surface area contributed by atoms with Gasteiger partial charge in [0.05, 0.1) is 25.7 Å². The van der Waals surface area contributed by atoms with Gasteiger partial charge in [-0.25, -0.2) is 0 Å². The van der Waals surface area contributed by atoms with Crippen molar-refractivity contribution in [3.63, 3.8) is 0 Å². The van der Waals surface area contributed by atoms with Crippen LogP contribution in [0.3, 0.4) is 0 Å². The lowest BCUT2D eigenvalue weighted by Crippen LogP contribution is -2.68. The average Bonchev–Trinajstić information content (AvgIpc) is 0.679. The molecule has 0 aromatic carbocycles. The minimum Gasteiger partial charge on any atom is -0.481 e. The van der Waals surface area contributed by atoms with E-state index in [2.05, 4.69) is 52.2 Å². The van der Waals surface area contributed by atoms with Gasteiger partial charge < -0.3 is 69.7 Å². The number of carbonyl (C=O) groups excluding carboxylic acids is 5. The second-order valence-corrected chi connectivity index (χ2v) is 28.8. The number of allylic oxidation sites excluding steroid dienone is 2. The number of methoxy groups -OCH3 is 2. The van der Waals surface area contributed by atoms with Crippen molar-refractivity contribution in [3.8, 4) is 0 Å². The summed E-state index contributed by atoms with van der Waals surface area (Å²) in [5.41, 5.74) is -1.80. The number of hydrogen-bond donors (Lipinski definition) is 8. The van der Waals surface area contributed by atoms with Crippen molar-refractivity contribution in [2.75, 3.05) is 27.3 Å². The second kappa shape index (κ2) is 29.6. The summed E-state index contributed by atoms with van der Waals surface area (Å²) in [5.74, 6) is -3.00. The monoisotopic (exact) mass is 1220 g/mol. The van der Waals surface area contributed by atoms with Crippen LogP contribution < -0.4 is 10.6 Å². The Hall–Kier alpha value is -3.60. The fraction of sp³-hybridized carbons (Fsp3) is 0.879. The smallest absolute Gasteiger partial charge is 0.309 e. The van der Waals surface area contributed by atoms with Crippen LogP contribution in [-0.4, -0.2) is 161 Å². The van der Waals surface area contributed by atoms with Crippen molar-refractivity contribution in [1.29, 1.82) is 0 Å². The lowest BCUT2D eigenvalue weighted by Gasteiger charge is -2.70. The number of carbonyl (C=O) groups is 6. The van der Waals surface area contributed by atoms with Crippen LogP contribution in [0.4, 0.5) is 0 Å². The van der Waals surface area contributed by atoms with Crippen LogP contribution in [0.5, 0.6) is 0 Å². The van der Waals surface area contributed by atoms with Gasteiger partial charge in [0, 0.05) is 31.8 Å². The van der Waals surface area contributed by atoms with Crippen LogP contribution in [-0.2, 0) is 57.2 Å². The summed E-state index contributed by atoms with van der Waals surface area (Å²) in [5, 5.41) is 73.5. The molecule has 20 heteroatoms. The highest BCUT2D eigenvalue weighted by Crippen LogP contribution is 2.75. The minimum absolute atomic E-state index is 0.0246. The first-order valence-corrected chi connectivity index (χ1v) is 32.8. The maximum atomic E-state index is 15.2. The zero-order valence-electron chi connectivity index (χ0n) is 53.2. The fourth-order valence-corrected chi connectivity index (χ4v) is 17.1. The van der Waals surface area contributed by atoms with Crippen molar-refractivity contribution in [3.05, 3.63) is 11.6 Å². The lowest BCUT2D eigenvalue weighted by molar-refractivity contribution is -0.369. The summed E-state index contributed by atoms with van der Waals surface area (Å²) in [6, 6.07) is 0. The third kappa shape index (κ3) is 14.9. The molecule has 19 atom stereocenters. The Labute approximate surface area is 510 Å². The van der Waals surface area contributed by atoms with Gasteiger partial charge in [0.25, 0.3) is 11.8 Å². The number of ketones is 1. The number of aliphatic hydroxyl groups excluding tert-OH is 5. The van der Waals surface area contributed by atoms with Crippen LogP contribution in [0, 0.1) is 50.2 Å². The van der Waals surface area contributed by atoms with Gasteiger partial charge in [-0.3, -0.25) is 28.8 Å². The van der Waals surface area contributed by atoms with Gasteiger partial charge in [-0.2, -0.15) is 0 Å². The van der Waals surface area contributed by atoms with Crippen LogP contribution in [0.2, 0.25) is 0 Å². The van der Waals surface area contributed by atoms with Gasteiger partial charge in [-0.05, 0) is 135 Å². The van der Waals surface area contributed by atoms with E-state index in [1.807, 2.05) is 13.0 Å². The van der Waals surface area contributed by atoms with E-state index in [1.165, 1.54) is 14.2 Å². The number of rotatable bonds is 29. The molecule has 86 heavy (non-hydrogen) atoms. The van der Waals surface area contributed by atoms with Crippen molar-refractivity contribution >= 4 is 35.5 Å². The molecule has 2 aliphatic heterocycles. The highest BCUT2D eigenvalue weighted by molar-refractivity contribution is 5.96. The van der Waals surface area contributed by atoms with Gasteiger partial charge in [-0.15, -0.1) is 0 Å². The first-order valence-electron chi connectivity index (χ1n) is 32.8. The Balaban J connectivity index is 1.04. The molecular weight excluding hydrogens is 1110 g/mol. The standard InChI is InChI=1S/C66H108N2O18/c1-61(2)43-28-31-66(7)55(42(69)38-40-41-39-63(4,60(79)80)33-32-62(41,3)34-35-65(40,66)6)64(43,5)30-29-44(61)83-59-54(50(75)49(74)53(85-59)57(78)68-37-25-21-17-13-11-15-19-23-27-46(71)82-9)86-58-51(76)47(72)48(73)52(84-58)56(77)67-36-24-20-16-12-10-14-18-22-26-45(70)81-8/h38,41,43-44,47-55,58-59,72-76H,10-37,39H2,1-9H3,(H,67,77)(H,68,78)(H,79,80)/t41-,43-,44-,47-,48-,49-,50-,51+,52-,53-,54+,55+,58-,59-,62+,63-,64-,65+,66+/m0/s1. The second-order valence-electron chi connectivity index (χ2n) is 28.8. The summed E-state index contributed by atoms with van der Waals surface area (Å²) in [4.78, 5) is 78.4. The fourth-order valence-electron chi connectivity index (χ4n) is 17.1. The Morgan fingerprint density at radius 1 is 0.570 bits per heavy atom. The Morgan fingerprint density at radius 2 is 1.06 bits per heavy atom. The maximum absolute atomic E-state index is 15.2. The number of unbranched alkanes of at least 4 members (excludes halogenated alkanes) is 14. The lowest BCUT2D eigenvalue weighted by atomic mass is 9.33. The van der Waals surface area contributed by atoms with E-state index in [0.29, 0.717) is 51.4 Å². The number of hydrogen-bond acceptors (Lipinski definition) is 17. The zero-order chi connectivity index (χ0) is 63.0. The number of aliphatic carboxylic acids is 1. The number of aliphatic hydroxyl groups is 5. The van der Waals surface area contributed by atoms with Crippen molar-refractivity contribution < 1.29 is 87.8 Å². The van der Waals surface area contributed by atoms with E-state index in [0.717, 1.165) is 128 Å². The van der Waals surface area contributed by atoms with E-state index >= 15 is 4.79 Å². The van der Waals surface area contributed by atoms with Crippen LogP contribution in [0.1, 0.15) is 222 Å².